The first-order valence-electron chi connectivity index (χ1n) is 10.1. The number of hydrogen-bond donors (Lipinski definition) is 1. The lowest BCUT2D eigenvalue weighted by Gasteiger charge is -2.31. The van der Waals surface area contributed by atoms with Gasteiger partial charge in [0, 0.05) is 30.1 Å². The summed E-state index contributed by atoms with van der Waals surface area (Å²) in [7, 11) is 1.56. The molecule has 0 heterocycles. The van der Waals surface area contributed by atoms with Gasteiger partial charge in [0.2, 0.25) is 5.91 Å². The van der Waals surface area contributed by atoms with E-state index >= 15 is 0 Å². The van der Waals surface area contributed by atoms with Gasteiger partial charge in [-0.05, 0) is 35.4 Å². The van der Waals surface area contributed by atoms with Gasteiger partial charge in [0.1, 0.15) is 11.8 Å². The maximum absolute atomic E-state index is 13.3. The zero-order valence-electron chi connectivity index (χ0n) is 17.6. The Kier molecular flexibility index (Phi) is 8.54. The quantitative estimate of drug-likeness (QED) is 0.490. The monoisotopic (exact) mass is 470 g/mol. The highest BCUT2D eigenvalue weighted by Gasteiger charge is 2.30. The van der Waals surface area contributed by atoms with Crippen LogP contribution in [0.5, 0.6) is 5.75 Å². The maximum Gasteiger partial charge on any atom is 0.261 e. The fraction of sp³-hybridized carbons (Fsp3) is 0.200. The molecule has 3 rings (SSSR count). The van der Waals surface area contributed by atoms with Crippen molar-refractivity contribution in [1.82, 2.24) is 10.2 Å². The molecule has 0 unspecified atom stereocenters. The molecule has 0 fully saturated rings. The van der Waals surface area contributed by atoms with Crippen molar-refractivity contribution >= 4 is 35.0 Å². The highest BCUT2D eigenvalue weighted by molar-refractivity contribution is 6.31. The van der Waals surface area contributed by atoms with Gasteiger partial charge >= 0.3 is 0 Å². The van der Waals surface area contributed by atoms with Crippen LogP contribution in [-0.4, -0.2) is 36.4 Å². The van der Waals surface area contributed by atoms with Crippen LogP contribution >= 0.6 is 23.2 Å². The molecule has 0 aliphatic rings. The average Bonchev–Trinajstić information content (AvgIpc) is 2.81. The first-order valence-corrected chi connectivity index (χ1v) is 10.9. The summed E-state index contributed by atoms with van der Waals surface area (Å²) in [6.45, 7) is -0.0740. The average molecular weight is 471 g/mol. The van der Waals surface area contributed by atoms with Gasteiger partial charge in [-0.1, -0.05) is 77.8 Å². The molecule has 0 aliphatic heterocycles. The number of carbonyl (C=O) groups is 2. The third kappa shape index (κ3) is 6.49. The highest BCUT2D eigenvalue weighted by atomic mass is 35.5. The minimum absolute atomic E-state index is 0.169. The maximum atomic E-state index is 13.3. The molecule has 0 saturated heterocycles. The van der Waals surface area contributed by atoms with E-state index in [9.17, 15) is 9.59 Å². The molecule has 0 bridgehead atoms. The van der Waals surface area contributed by atoms with Crippen molar-refractivity contribution in [2.24, 2.45) is 0 Å². The highest BCUT2D eigenvalue weighted by Crippen LogP contribution is 2.21. The molecule has 166 valence electrons. The van der Waals surface area contributed by atoms with Crippen LogP contribution in [0, 0.1) is 0 Å². The Bertz CT molecular complexity index is 1060. The van der Waals surface area contributed by atoms with Crippen molar-refractivity contribution in [3.8, 4) is 5.75 Å². The number of halogens is 2. The predicted octanol–water partition coefficient (Wildman–Crippen LogP) is 4.76. The van der Waals surface area contributed by atoms with Crippen LogP contribution in [-0.2, 0) is 22.6 Å². The molecule has 1 atom stereocenters. The van der Waals surface area contributed by atoms with Crippen LogP contribution in [0.1, 0.15) is 11.1 Å². The summed E-state index contributed by atoms with van der Waals surface area (Å²) in [6, 6.07) is 22.9. The Balaban J connectivity index is 1.88. The molecule has 1 N–H and O–H groups in total. The number of likely N-dealkylation sites (N-methyl/N-ethyl adjacent to an activating group) is 1. The van der Waals surface area contributed by atoms with Gasteiger partial charge < -0.3 is 15.0 Å². The van der Waals surface area contributed by atoms with Gasteiger partial charge in [0.15, 0.2) is 6.61 Å². The molecule has 3 aromatic carbocycles. The molecular weight excluding hydrogens is 447 g/mol. The molecule has 0 saturated carbocycles. The summed E-state index contributed by atoms with van der Waals surface area (Å²) in [4.78, 5) is 27.7. The van der Waals surface area contributed by atoms with Crippen molar-refractivity contribution in [3.05, 3.63) is 100 Å². The summed E-state index contributed by atoms with van der Waals surface area (Å²) >= 11 is 12.4. The van der Waals surface area contributed by atoms with E-state index in [0.717, 1.165) is 11.1 Å². The lowest BCUT2D eigenvalue weighted by Crippen LogP contribution is -2.51. The number of benzene rings is 3. The van der Waals surface area contributed by atoms with E-state index in [2.05, 4.69) is 5.32 Å². The molecule has 5 nitrogen and oxygen atoms in total. The van der Waals surface area contributed by atoms with Crippen LogP contribution < -0.4 is 10.1 Å². The fourth-order valence-electron chi connectivity index (χ4n) is 3.32. The zero-order valence-corrected chi connectivity index (χ0v) is 19.1. The van der Waals surface area contributed by atoms with Crippen molar-refractivity contribution in [1.29, 1.82) is 0 Å². The lowest BCUT2D eigenvalue weighted by molar-refractivity contribution is -0.142. The number of hydrogen-bond acceptors (Lipinski definition) is 3. The van der Waals surface area contributed by atoms with Gasteiger partial charge in [-0.15, -0.1) is 0 Å². The summed E-state index contributed by atoms with van der Waals surface area (Å²) in [5.74, 6) is -0.130. The van der Waals surface area contributed by atoms with E-state index < -0.39 is 6.04 Å². The van der Waals surface area contributed by atoms with E-state index in [1.807, 2.05) is 48.5 Å². The van der Waals surface area contributed by atoms with E-state index in [-0.39, 0.29) is 25.0 Å². The van der Waals surface area contributed by atoms with E-state index in [4.69, 9.17) is 27.9 Å². The second-order valence-corrected chi connectivity index (χ2v) is 8.02. The Hall–Kier alpha value is -3.02. The SMILES string of the molecule is CNC(=O)[C@H](Cc1ccccc1)N(Cc1ccccc1Cl)C(=O)COc1cccc(Cl)c1. The molecule has 0 radical (unpaired) electrons. The Morgan fingerprint density at radius 2 is 1.69 bits per heavy atom. The third-order valence-corrected chi connectivity index (χ3v) is 5.58. The minimum atomic E-state index is -0.742. The normalized spacial score (nSPS) is 11.5. The van der Waals surface area contributed by atoms with Crippen molar-refractivity contribution in [2.45, 2.75) is 19.0 Å². The third-order valence-electron chi connectivity index (χ3n) is 4.97. The van der Waals surface area contributed by atoms with Crippen LogP contribution in [0.4, 0.5) is 0 Å². The first-order chi connectivity index (χ1) is 15.5. The second-order valence-electron chi connectivity index (χ2n) is 7.18. The number of carbonyl (C=O) groups excluding carboxylic acids is 2. The van der Waals surface area contributed by atoms with Crippen molar-refractivity contribution in [2.75, 3.05) is 13.7 Å². The molecule has 3 aromatic rings. The second kappa shape index (κ2) is 11.6. The Morgan fingerprint density at radius 1 is 0.969 bits per heavy atom. The molecule has 7 heteroatoms. The number of amides is 2. The fourth-order valence-corrected chi connectivity index (χ4v) is 3.69. The summed E-state index contributed by atoms with van der Waals surface area (Å²) in [5, 5.41) is 3.71. The van der Waals surface area contributed by atoms with Crippen LogP contribution in [0.25, 0.3) is 0 Å². The topological polar surface area (TPSA) is 58.6 Å². The van der Waals surface area contributed by atoms with Gasteiger partial charge in [-0.25, -0.2) is 0 Å². The van der Waals surface area contributed by atoms with Gasteiger partial charge in [-0.3, -0.25) is 9.59 Å². The number of nitrogens with zero attached hydrogens (tertiary/aromatic N) is 1. The van der Waals surface area contributed by atoms with E-state index in [1.165, 1.54) is 4.90 Å². The summed E-state index contributed by atoms with van der Waals surface area (Å²) < 4.78 is 5.67. The largest absolute Gasteiger partial charge is 0.484 e. The Morgan fingerprint density at radius 3 is 2.38 bits per heavy atom. The molecule has 0 spiro atoms. The van der Waals surface area contributed by atoms with E-state index in [0.29, 0.717) is 22.2 Å². The summed E-state index contributed by atoms with van der Waals surface area (Å²) in [5.41, 5.74) is 1.68. The first kappa shape index (κ1) is 23.6. The van der Waals surface area contributed by atoms with Crippen LogP contribution in [0.15, 0.2) is 78.9 Å². The Labute approximate surface area is 197 Å². The molecule has 32 heavy (non-hydrogen) atoms. The predicted molar refractivity (Wildman–Crippen MR) is 127 cm³/mol. The van der Waals surface area contributed by atoms with Crippen molar-refractivity contribution in [3.63, 3.8) is 0 Å². The molecule has 0 aliphatic carbocycles. The van der Waals surface area contributed by atoms with Gasteiger partial charge in [0.25, 0.3) is 5.91 Å². The molecule has 2 amide bonds. The molecular formula is C25H24Cl2N2O3. The van der Waals surface area contributed by atoms with E-state index in [1.54, 1.807) is 37.4 Å². The minimum Gasteiger partial charge on any atom is -0.484 e. The molecule has 0 aromatic heterocycles. The summed E-state index contributed by atoms with van der Waals surface area (Å²) in [6.07, 6.45) is 0.355. The van der Waals surface area contributed by atoms with Crippen LogP contribution in [0.3, 0.4) is 0 Å². The zero-order chi connectivity index (χ0) is 22.9. The lowest BCUT2D eigenvalue weighted by atomic mass is 10.0. The standard InChI is InChI=1S/C25H24Cl2N2O3/c1-28-25(31)23(14-18-8-3-2-4-9-18)29(16-19-10-5-6-13-22(19)27)24(30)17-32-21-12-7-11-20(26)15-21/h2-13,15,23H,14,16-17H2,1H3,(H,28,31)/t23-/m0/s1. The van der Waals surface area contributed by atoms with Crippen molar-refractivity contribution < 1.29 is 14.3 Å². The number of nitrogens with one attached hydrogen (secondary N) is 1. The number of rotatable bonds is 9. The smallest absolute Gasteiger partial charge is 0.261 e. The number of ether oxygens (including phenoxy) is 1. The van der Waals surface area contributed by atoms with Gasteiger partial charge in [0.05, 0.1) is 0 Å². The van der Waals surface area contributed by atoms with Gasteiger partial charge in [-0.2, -0.15) is 0 Å². The van der Waals surface area contributed by atoms with Crippen LogP contribution in [0.2, 0.25) is 10.0 Å².